The van der Waals surface area contributed by atoms with Gasteiger partial charge in [0.15, 0.2) is 5.69 Å². The second-order valence-corrected chi connectivity index (χ2v) is 7.72. The quantitative estimate of drug-likeness (QED) is 0.588. The third-order valence-electron chi connectivity index (χ3n) is 5.33. The van der Waals surface area contributed by atoms with Crippen LogP contribution in [-0.2, 0) is 32.4 Å². The smallest absolute Gasteiger partial charge is 0.348 e. The van der Waals surface area contributed by atoms with Crippen molar-refractivity contribution in [2.45, 2.75) is 44.2 Å². The summed E-state index contributed by atoms with van der Waals surface area (Å²) in [6.07, 6.45) is -6.69. The molecule has 0 unspecified atom stereocenters. The molecule has 33 heavy (non-hydrogen) atoms. The molecule has 0 aliphatic carbocycles. The van der Waals surface area contributed by atoms with E-state index in [0.29, 0.717) is 43.3 Å². The molecule has 0 saturated heterocycles. The number of hydrogen-bond acceptors (Lipinski definition) is 4. The second kappa shape index (κ2) is 8.19. The molecule has 7 nitrogen and oxygen atoms in total. The van der Waals surface area contributed by atoms with Crippen molar-refractivity contribution in [1.82, 2.24) is 29.9 Å². The Morgan fingerprint density at radius 1 is 1.06 bits per heavy atom. The van der Waals surface area contributed by atoms with E-state index in [1.54, 1.807) is 10.7 Å². The van der Waals surface area contributed by atoms with Crippen molar-refractivity contribution in [3.8, 4) is 11.3 Å². The molecule has 1 aliphatic rings. The van der Waals surface area contributed by atoms with Gasteiger partial charge in [0.05, 0.1) is 5.69 Å². The lowest BCUT2D eigenvalue weighted by molar-refractivity contribution is -0.142. The fourth-order valence-corrected chi connectivity index (χ4v) is 3.74. The number of nitrogens with zero attached hydrogens (tertiary/aromatic N) is 5. The van der Waals surface area contributed by atoms with Gasteiger partial charge in [0, 0.05) is 49.6 Å². The van der Waals surface area contributed by atoms with Crippen molar-refractivity contribution in [1.29, 1.82) is 0 Å². The fraction of sp³-hybridized carbons (Fsp3) is 0.400. The molecule has 0 spiro atoms. The maximum Gasteiger partial charge on any atom is 0.435 e. The van der Waals surface area contributed by atoms with Crippen molar-refractivity contribution in [2.24, 2.45) is 7.05 Å². The number of carbonyl (C=O) groups is 1. The van der Waals surface area contributed by atoms with Gasteiger partial charge in [-0.25, -0.2) is 0 Å². The topological polar surface area (TPSA) is 77.6 Å². The van der Waals surface area contributed by atoms with Crippen molar-refractivity contribution in [2.75, 3.05) is 0 Å². The average Bonchev–Trinajstić information content (AvgIpc) is 3.26. The van der Waals surface area contributed by atoms with Gasteiger partial charge in [-0.05, 0) is 31.0 Å². The van der Waals surface area contributed by atoms with E-state index >= 15 is 0 Å². The lowest BCUT2D eigenvalue weighted by atomic mass is 10.1. The van der Waals surface area contributed by atoms with E-state index in [1.807, 2.05) is 0 Å². The number of rotatable bonds is 3. The molecule has 4 rings (SSSR count). The van der Waals surface area contributed by atoms with Crippen LogP contribution in [0.25, 0.3) is 11.3 Å². The molecule has 1 amide bonds. The van der Waals surface area contributed by atoms with Crippen molar-refractivity contribution < 1.29 is 31.1 Å². The zero-order valence-corrected chi connectivity index (χ0v) is 17.2. The van der Waals surface area contributed by atoms with Gasteiger partial charge in [-0.3, -0.25) is 19.1 Å². The van der Waals surface area contributed by atoms with E-state index in [-0.39, 0.29) is 11.3 Å². The van der Waals surface area contributed by atoms with Gasteiger partial charge in [0.25, 0.3) is 5.91 Å². The summed E-state index contributed by atoms with van der Waals surface area (Å²) in [6.45, 7) is 0.489. The van der Waals surface area contributed by atoms with Crippen molar-refractivity contribution in [3.63, 3.8) is 0 Å². The molecule has 13 heteroatoms. The number of aryl methyl sites for hydroxylation is 2. The molecule has 0 aromatic carbocycles. The third-order valence-corrected chi connectivity index (χ3v) is 5.33. The molecule has 1 aliphatic heterocycles. The fourth-order valence-electron chi connectivity index (χ4n) is 3.74. The molecular formula is C20H18F6N6O. The van der Waals surface area contributed by atoms with Gasteiger partial charge >= 0.3 is 12.4 Å². The maximum absolute atomic E-state index is 13.0. The molecule has 1 atom stereocenters. The number of pyridine rings is 1. The Balaban J connectivity index is 1.52. The minimum Gasteiger partial charge on any atom is -0.348 e. The van der Waals surface area contributed by atoms with Crippen molar-refractivity contribution >= 4 is 5.91 Å². The van der Waals surface area contributed by atoms with Crippen LogP contribution in [0.4, 0.5) is 26.3 Å². The summed E-state index contributed by atoms with van der Waals surface area (Å²) < 4.78 is 80.1. The van der Waals surface area contributed by atoms with Crippen LogP contribution in [0.1, 0.15) is 40.4 Å². The predicted octanol–water partition coefficient (Wildman–Crippen LogP) is 3.85. The highest BCUT2D eigenvalue weighted by Gasteiger charge is 2.36. The van der Waals surface area contributed by atoms with Crippen molar-refractivity contribution in [3.05, 3.63) is 53.2 Å². The molecule has 3 aromatic rings. The first-order chi connectivity index (χ1) is 15.4. The first-order valence-electron chi connectivity index (χ1n) is 9.94. The van der Waals surface area contributed by atoms with Crippen LogP contribution in [0, 0.1) is 0 Å². The van der Waals surface area contributed by atoms with Crippen LogP contribution in [-0.4, -0.2) is 36.5 Å². The van der Waals surface area contributed by atoms with E-state index in [4.69, 9.17) is 0 Å². The van der Waals surface area contributed by atoms with E-state index in [2.05, 4.69) is 20.5 Å². The maximum atomic E-state index is 13.0. The Labute approximate surface area is 183 Å². The molecule has 0 bridgehead atoms. The summed E-state index contributed by atoms with van der Waals surface area (Å²) in [4.78, 5) is 15.9. The van der Waals surface area contributed by atoms with Crippen LogP contribution in [0.15, 0.2) is 30.5 Å². The molecule has 0 radical (unpaired) electrons. The SMILES string of the molecule is Cn1nc(C(F)(F)F)cc1C(=O)N[C@H]1CCCn2nc(-c3ccnc(C(F)(F)F)c3)cc2C1. The van der Waals surface area contributed by atoms with E-state index in [1.165, 1.54) is 13.1 Å². The summed E-state index contributed by atoms with van der Waals surface area (Å²) in [5.74, 6) is -0.692. The number of hydrogen-bond donors (Lipinski definition) is 1. The molecule has 1 N–H and O–H groups in total. The van der Waals surface area contributed by atoms with Crippen LogP contribution >= 0.6 is 0 Å². The lowest BCUT2D eigenvalue weighted by Gasteiger charge is -2.16. The standard InChI is InChI=1S/C20H18F6N6O/c1-31-15(10-17(30-31)20(24,25)26)18(33)28-12-3-2-6-32-13(8-12)9-14(29-32)11-4-5-27-16(7-11)19(21,22)23/h4-5,7,9-10,12H,2-3,6,8H2,1H3,(H,28,33)/t12-/m0/s1. The molecule has 176 valence electrons. The normalized spacial score (nSPS) is 16.9. The van der Waals surface area contributed by atoms with Gasteiger partial charge in [-0.1, -0.05) is 0 Å². The Bertz CT molecular complexity index is 1180. The largest absolute Gasteiger partial charge is 0.435 e. The number of fused-ring (bicyclic) bond motifs is 1. The Kier molecular flexibility index (Phi) is 5.66. The third kappa shape index (κ3) is 4.86. The number of nitrogens with one attached hydrogen (secondary N) is 1. The van der Waals surface area contributed by atoms with Gasteiger partial charge in [0.2, 0.25) is 0 Å². The Hall–Kier alpha value is -3.38. The highest BCUT2D eigenvalue weighted by molar-refractivity contribution is 5.92. The lowest BCUT2D eigenvalue weighted by Crippen LogP contribution is -2.37. The average molecular weight is 472 g/mol. The highest BCUT2D eigenvalue weighted by Crippen LogP contribution is 2.31. The number of alkyl halides is 6. The summed E-state index contributed by atoms with van der Waals surface area (Å²) in [6, 6.07) is 4.29. The molecular weight excluding hydrogens is 454 g/mol. The Morgan fingerprint density at radius 3 is 2.45 bits per heavy atom. The van der Waals surface area contributed by atoms with Crippen LogP contribution in [0.3, 0.4) is 0 Å². The zero-order chi connectivity index (χ0) is 24.0. The summed E-state index contributed by atoms with van der Waals surface area (Å²) in [7, 11) is 1.25. The monoisotopic (exact) mass is 472 g/mol. The minimum atomic E-state index is -4.67. The van der Waals surface area contributed by atoms with Crippen LogP contribution < -0.4 is 5.32 Å². The summed E-state index contributed by atoms with van der Waals surface area (Å²) in [5.41, 5.74) is -1.12. The van der Waals surface area contributed by atoms with Crippen LogP contribution in [0.2, 0.25) is 0 Å². The summed E-state index contributed by atoms with van der Waals surface area (Å²) >= 11 is 0. The predicted molar refractivity (Wildman–Crippen MR) is 103 cm³/mol. The molecule has 3 aromatic heterocycles. The molecule has 0 fully saturated rings. The zero-order valence-electron chi connectivity index (χ0n) is 17.2. The number of halogens is 6. The van der Waals surface area contributed by atoms with Gasteiger partial charge < -0.3 is 5.32 Å². The van der Waals surface area contributed by atoms with Gasteiger partial charge in [-0.2, -0.15) is 36.5 Å². The first kappa shape index (κ1) is 22.8. The van der Waals surface area contributed by atoms with E-state index < -0.39 is 35.7 Å². The second-order valence-electron chi connectivity index (χ2n) is 7.72. The number of carbonyl (C=O) groups excluding carboxylic acids is 1. The first-order valence-corrected chi connectivity index (χ1v) is 9.94. The van der Waals surface area contributed by atoms with E-state index in [0.717, 1.165) is 16.9 Å². The number of amides is 1. The van der Waals surface area contributed by atoms with Crippen LogP contribution in [0.5, 0.6) is 0 Å². The van der Waals surface area contributed by atoms with E-state index in [9.17, 15) is 31.1 Å². The number of aromatic nitrogens is 5. The highest BCUT2D eigenvalue weighted by atomic mass is 19.4. The van der Waals surface area contributed by atoms with Gasteiger partial charge in [0.1, 0.15) is 11.4 Å². The van der Waals surface area contributed by atoms with Gasteiger partial charge in [-0.15, -0.1) is 0 Å². The molecule has 4 heterocycles. The summed E-state index contributed by atoms with van der Waals surface area (Å²) in [5, 5.41) is 10.5. The molecule has 0 saturated carbocycles. The Morgan fingerprint density at radius 2 is 1.79 bits per heavy atom. The minimum absolute atomic E-state index is 0.225.